The summed E-state index contributed by atoms with van der Waals surface area (Å²) in [6.45, 7) is 16.0. The first-order chi connectivity index (χ1) is 12.5. The van der Waals surface area contributed by atoms with Gasteiger partial charge >= 0.3 is 0 Å². The van der Waals surface area contributed by atoms with E-state index in [4.69, 9.17) is 9.47 Å². The van der Waals surface area contributed by atoms with Crippen LogP contribution in [0.15, 0.2) is 60.7 Å². The third kappa shape index (κ3) is 9.33. The number of hydrogen-bond donors (Lipinski definition) is 0. The van der Waals surface area contributed by atoms with E-state index in [1.807, 2.05) is 24.3 Å². The van der Waals surface area contributed by atoms with Crippen molar-refractivity contribution in [2.24, 2.45) is 0 Å². The van der Waals surface area contributed by atoms with Crippen molar-refractivity contribution in [1.29, 1.82) is 0 Å². The molecule has 0 amide bonds. The Kier molecular flexibility index (Phi) is 6.75. The molecule has 1 saturated carbocycles. The van der Waals surface area contributed by atoms with Crippen molar-refractivity contribution in [3.05, 3.63) is 71.8 Å². The fourth-order valence-electron chi connectivity index (χ4n) is 2.38. The summed E-state index contributed by atoms with van der Waals surface area (Å²) >= 11 is 0. The first kappa shape index (κ1) is 21.1. The minimum Gasteiger partial charge on any atom is -0.488 e. The van der Waals surface area contributed by atoms with Gasteiger partial charge in [-0.1, -0.05) is 36.4 Å². The quantitative estimate of drug-likeness (QED) is 0.544. The summed E-state index contributed by atoms with van der Waals surface area (Å²) in [6.07, 6.45) is 3.49. The molecule has 0 spiro atoms. The lowest BCUT2D eigenvalue weighted by Crippen LogP contribution is -2.22. The Morgan fingerprint density at radius 1 is 0.667 bits per heavy atom. The Hall–Kier alpha value is -2.22. The molecule has 2 nitrogen and oxygen atoms in total. The standard InChI is InChI=1S/C21H28O2.C4H6/c1-20(2,3)22-18-11-7-16(8-12-18)15-17-9-13-19(14-10-17)23-21(4,5)6;1-4-2-3-4/h7-14H,15H2,1-6H3;1-3H2. The molecule has 27 heavy (non-hydrogen) atoms. The van der Waals surface area contributed by atoms with Crippen molar-refractivity contribution >= 4 is 0 Å². The molecule has 0 unspecified atom stereocenters. The molecule has 0 N–H and O–H groups in total. The highest BCUT2D eigenvalue weighted by Gasteiger charge is 2.12. The maximum Gasteiger partial charge on any atom is 0.120 e. The van der Waals surface area contributed by atoms with E-state index in [1.165, 1.54) is 29.5 Å². The summed E-state index contributed by atoms with van der Waals surface area (Å²) in [6, 6.07) is 16.7. The Labute approximate surface area is 165 Å². The average Bonchev–Trinajstić information content (AvgIpc) is 3.31. The monoisotopic (exact) mass is 366 g/mol. The molecule has 0 saturated heterocycles. The van der Waals surface area contributed by atoms with Gasteiger partial charge in [-0.25, -0.2) is 0 Å². The molecule has 1 fully saturated rings. The molecule has 0 heterocycles. The first-order valence-electron chi connectivity index (χ1n) is 9.73. The highest BCUT2D eigenvalue weighted by Crippen LogP contribution is 2.24. The van der Waals surface area contributed by atoms with Gasteiger partial charge in [0.05, 0.1) is 0 Å². The molecule has 2 aromatic rings. The number of rotatable bonds is 4. The van der Waals surface area contributed by atoms with Crippen LogP contribution in [-0.2, 0) is 6.42 Å². The van der Waals surface area contributed by atoms with Gasteiger partial charge < -0.3 is 9.47 Å². The summed E-state index contributed by atoms with van der Waals surface area (Å²) in [5, 5.41) is 0. The van der Waals surface area contributed by atoms with Crippen LogP contribution in [0, 0.1) is 0 Å². The van der Waals surface area contributed by atoms with Crippen LogP contribution in [0.1, 0.15) is 65.5 Å². The fourth-order valence-corrected chi connectivity index (χ4v) is 2.38. The van der Waals surface area contributed by atoms with E-state index in [-0.39, 0.29) is 11.2 Å². The van der Waals surface area contributed by atoms with Gasteiger partial charge in [-0.3, -0.25) is 0 Å². The van der Waals surface area contributed by atoms with Crippen molar-refractivity contribution < 1.29 is 9.47 Å². The zero-order valence-electron chi connectivity index (χ0n) is 17.8. The van der Waals surface area contributed by atoms with E-state index in [0.29, 0.717) is 0 Å². The fraction of sp³-hybridized carbons (Fsp3) is 0.440. The van der Waals surface area contributed by atoms with Gasteiger partial charge in [0, 0.05) is 0 Å². The molecule has 1 aliphatic rings. The second-order valence-electron chi connectivity index (χ2n) is 9.14. The lowest BCUT2D eigenvalue weighted by Gasteiger charge is -2.21. The molecule has 0 atom stereocenters. The van der Waals surface area contributed by atoms with Gasteiger partial charge in [0.25, 0.3) is 0 Å². The summed E-state index contributed by atoms with van der Waals surface area (Å²) in [4.78, 5) is 0. The van der Waals surface area contributed by atoms with E-state index in [1.54, 1.807) is 0 Å². The van der Waals surface area contributed by atoms with Gasteiger partial charge in [0.1, 0.15) is 22.7 Å². The van der Waals surface area contributed by atoms with Crippen molar-refractivity contribution in [2.45, 2.75) is 72.0 Å². The molecule has 1 aliphatic carbocycles. The van der Waals surface area contributed by atoms with Gasteiger partial charge in [-0.2, -0.15) is 0 Å². The van der Waals surface area contributed by atoms with Gasteiger partial charge in [-0.05, 0) is 96.2 Å². The Bertz CT molecular complexity index is 662. The van der Waals surface area contributed by atoms with E-state index in [2.05, 4.69) is 72.4 Å². The van der Waals surface area contributed by atoms with Crippen molar-refractivity contribution in [1.82, 2.24) is 0 Å². The predicted octanol–water partition coefficient (Wildman–Crippen LogP) is 6.97. The van der Waals surface area contributed by atoms with Crippen molar-refractivity contribution in [3.63, 3.8) is 0 Å². The third-order valence-corrected chi connectivity index (χ3v) is 3.71. The normalized spacial score (nSPS) is 13.5. The van der Waals surface area contributed by atoms with Crippen molar-refractivity contribution in [3.8, 4) is 11.5 Å². The second kappa shape index (κ2) is 8.65. The number of ether oxygens (including phenoxy) is 2. The molecule has 0 aliphatic heterocycles. The molecule has 2 aromatic carbocycles. The molecular weight excluding hydrogens is 332 g/mol. The predicted molar refractivity (Wildman–Crippen MR) is 115 cm³/mol. The van der Waals surface area contributed by atoms with Crippen LogP contribution in [0.4, 0.5) is 0 Å². The molecular formula is C25H34O2. The molecule has 3 rings (SSSR count). The van der Waals surface area contributed by atoms with Gasteiger partial charge in [0.15, 0.2) is 0 Å². The Morgan fingerprint density at radius 3 is 1.19 bits per heavy atom. The third-order valence-electron chi connectivity index (χ3n) is 3.71. The van der Waals surface area contributed by atoms with Gasteiger partial charge in [-0.15, -0.1) is 0 Å². The maximum absolute atomic E-state index is 5.85. The summed E-state index contributed by atoms with van der Waals surface area (Å²) in [7, 11) is 0. The number of benzene rings is 2. The van der Waals surface area contributed by atoms with Crippen LogP contribution in [0.3, 0.4) is 0 Å². The van der Waals surface area contributed by atoms with E-state index >= 15 is 0 Å². The smallest absolute Gasteiger partial charge is 0.120 e. The average molecular weight is 367 g/mol. The maximum atomic E-state index is 5.85. The van der Waals surface area contributed by atoms with Crippen LogP contribution in [0.2, 0.25) is 0 Å². The van der Waals surface area contributed by atoms with Crippen LogP contribution in [0.5, 0.6) is 11.5 Å². The number of hydrogen-bond acceptors (Lipinski definition) is 2. The Morgan fingerprint density at radius 2 is 0.963 bits per heavy atom. The van der Waals surface area contributed by atoms with Gasteiger partial charge in [0.2, 0.25) is 0 Å². The highest BCUT2D eigenvalue weighted by atomic mass is 16.5. The zero-order valence-corrected chi connectivity index (χ0v) is 17.8. The SMILES string of the molecule is C=C1CC1.CC(C)(C)Oc1ccc(Cc2ccc(OC(C)(C)C)cc2)cc1. The van der Waals surface area contributed by atoms with E-state index in [9.17, 15) is 0 Å². The first-order valence-corrected chi connectivity index (χ1v) is 9.73. The molecule has 0 bridgehead atoms. The topological polar surface area (TPSA) is 18.5 Å². The van der Waals surface area contributed by atoms with Crippen LogP contribution in [-0.4, -0.2) is 11.2 Å². The zero-order chi connectivity index (χ0) is 20.1. The van der Waals surface area contributed by atoms with Crippen LogP contribution in [0.25, 0.3) is 0 Å². The Balaban J connectivity index is 0.000000576. The minimum absolute atomic E-state index is 0.162. The molecule has 0 aromatic heterocycles. The lowest BCUT2D eigenvalue weighted by atomic mass is 10.0. The molecule has 0 radical (unpaired) electrons. The van der Waals surface area contributed by atoms with Crippen LogP contribution >= 0.6 is 0 Å². The molecule has 2 heteroatoms. The summed E-state index contributed by atoms with van der Waals surface area (Å²) in [5.74, 6) is 1.82. The van der Waals surface area contributed by atoms with Crippen molar-refractivity contribution in [2.75, 3.05) is 0 Å². The molecule has 146 valence electrons. The summed E-state index contributed by atoms with van der Waals surface area (Å²) < 4.78 is 11.7. The highest BCUT2D eigenvalue weighted by molar-refractivity contribution is 5.34. The van der Waals surface area contributed by atoms with E-state index < -0.39 is 0 Å². The summed E-state index contributed by atoms with van der Waals surface area (Å²) in [5.41, 5.74) is 3.64. The minimum atomic E-state index is -0.162. The second-order valence-corrected chi connectivity index (χ2v) is 9.14. The number of allylic oxidation sites excluding steroid dienone is 1. The largest absolute Gasteiger partial charge is 0.488 e. The van der Waals surface area contributed by atoms with Crippen LogP contribution < -0.4 is 9.47 Å². The van der Waals surface area contributed by atoms with E-state index in [0.717, 1.165) is 17.9 Å². The lowest BCUT2D eigenvalue weighted by molar-refractivity contribution is 0.130.